The molecule has 4 heterocycles. The minimum absolute atomic E-state index is 0.659. The molecule has 0 aromatic carbocycles. The molecule has 1 saturated heterocycles. The number of piperazine rings is 1. The number of nitrogens with one attached hydrogen (secondary N) is 1. The van der Waals surface area contributed by atoms with Gasteiger partial charge in [0.05, 0.1) is 17.9 Å². The lowest BCUT2D eigenvalue weighted by Crippen LogP contribution is -2.52. The van der Waals surface area contributed by atoms with Crippen molar-refractivity contribution in [3.8, 4) is 0 Å². The lowest BCUT2D eigenvalue weighted by molar-refractivity contribution is 0.169. The van der Waals surface area contributed by atoms with Gasteiger partial charge in [-0.2, -0.15) is 0 Å². The second kappa shape index (κ2) is 7.79. The highest BCUT2D eigenvalue weighted by Gasteiger charge is 2.20. The summed E-state index contributed by atoms with van der Waals surface area (Å²) in [6.45, 7) is 7.38. The quantitative estimate of drug-likeness (QED) is 0.557. The van der Waals surface area contributed by atoms with E-state index < -0.39 is 0 Å². The van der Waals surface area contributed by atoms with Crippen LogP contribution in [0.1, 0.15) is 17.0 Å². The van der Waals surface area contributed by atoms with Gasteiger partial charge in [-0.15, -0.1) is 0 Å². The number of fused-ring (bicyclic) bond motifs is 1. The van der Waals surface area contributed by atoms with Crippen molar-refractivity contribution in [2.24, 2.45) is 4.99 Å². The lowest BCUT2D eigenvalue weighted by Gasteiger charge is -2.36. The van der Waals surface area contributed by atoms with E-state index in [1.54, 1.807) is 6.26 Å². The molecule has 8 heteroatoms. The van der Waals surface area contributed by atoms with E-state index in [1.807, 2.05) is 19.3 Å². The van der Waals surface area contributed by atoms with Crippen LogP contribution in [-0.2, 0) is 13.1 Å². The van der Waals surface area contributed by atoms with E-state index >= 15 is 0 Å². The summed E-state index contributed by atoms with van der Waals surface area (Å²) in [5, 5.41) is 7.44. The maximum Gasteiger partial charge on any atom is 0.194 e. The number of hydrogen-bond acceptors (Lipinski definition) is 5. The Labute approximate surface area is 158 Å². The smallest absolute Gasteiger partial charge is 0.194 e. The highest BCUT2D eigenvalue weighted by molar-refractivity contribution is 5.80. The summed E-state index contributed by atoms with van der Waals surface area (Å²) < 4.78 is 6.96. The fourth-order valence-electron chi connectivity index (χ4n) is 3.39. The number of aliphatic imine (C=N–C) groups is 1. The minimum Gasteiger partial charge on any atom is -0.364 e. The van der Waals surface area contributed by atoms with Crippen LogP contribution in [0.5, 0.6) is 0 Å². The summed E-state index contributed by atoms with van der Waals surface area (Å²) in [4.78, 5) is 13.8. The van der Waals surface area contributed by atoms with Gasteiger partial charge >= 0.3 is 0 Å². The monoisotopic (exact) mass is 367 g/mol. The van der Waals surface area contributed by atoms with Crippen molar-refractivity contribution in [2.75, 3.05) is 33.2 Å². The van der Waals surface area contributed by atoms with Crippen LogP contribution < -0.4 is 5.32 Å². The third-order valence-corrected chi connectivity index (χ3v) is 4.85. The van der Waals surface area contributed by atoms with Crippen molar-refractivity contribution >= 4 is 11.6 Å². The van der Waals surface area contributed by atoms with Gasteiger partial charge < -0.3 is 19.1 Å². The molecule has 1 N–H and O–H groups in total. The Morgan fingerprint density at radius 1 is 1.22 bits per heavy atom. The Morgan fingerprint density at radius 3 is 2.81 bits per heavy atom. The van der Waals surface area contributed by atoms with E-state index in [4.69, 9.17) is 4.52 Å². The summed E-state index contributed by atoms with van der Waals surface area (Å²) in [6.07, 6.45) is 5.73. The van der Waals surface area contributed by atoms with Crippen LogP contribution in [0.2, 0.25) is 0 Å². The Hall–Kier alpha value is -2.87. The van der Waals surface area contributed by atoms with Gasteiger partial charge in [0.25, 0.3) is 0 Å². The maximum atomic E-state index is 4.91. The fourth-order valence-corrected chi connectivity index (χ4v) is 3.39. The predicted octanol–water partition coefficient (Wildman–Crippen LogP) is 1.52. The van der Waals surface area contributed by atoms with Gasteiger partial charge in [0, 0.05) is 58.2 Å². The number of imidazole rings is 1. The van der Waals surface area contributed by atoms with Crippen LogP contribution >= 0.6 is 0 Å². The first-order valence-corrected chi connectivity index (χ1v) is 9.23. The van der Waals surface area contributed by atoms with E-state index in [-0.39, 0.29) is 0 Å². The Balaban J connectivity index is 1.31. The van der Waals surface area contributed by atoms with E-state index in [9.17, 15) is 0 Å². The molecule has 0 saturated carbocycles. The first-order chi connectivity index (χ1) is 13.2. The number of pyridine rings is 1. The van der Waals surface area contributed by atoms with E-state index in [1.165, 1.54) is 5.56 Å². The first kappa shape index (κ1) is 17.5. The van der Waals surface area contributed by atoms with Crippen molar-refractivity contribution in [1.29, 1.82) is 0 Å². The van der Waals surface area contributed by atoms with E-state index in [0.717, 1.165) is 55.7 Å². The molecular weight excluding hydrogens is 342 g/mol. The summed E-state index contributed by atoms with van der Waals surface area (Å²) in [5.41, 5.74) is 4.18. The van der Waals surface area contributed by atoms with E-state index in [0.29, 0.717) is 6.54 Å². The molecule has 1 aliphatic heterocycles. The zero-order chi connectivity index (χ0) is 18.6. The van der Waals surface area contributed by atoms with Crippen LogP contribution in [0.3, 0.4) is 0 Å². The molecule has 3 aromatic rings. The molecule has 0 spiro atoms. The SMILES string of the molecule is CN=C(NCc1cn2ccc(C)cc2n1)N1CCN(Cc2ccon2)CC1. The third kappa shape index (κ3) is 4.11. The summed E-state index contributed by atoms with van der Waals surface area (Å²) in [6, 6.07) is 6.10. The topological polar surface area (TPSA) is 74.2 Å². The Kier molecular flexibility index (Phi) is 5.06. The van der Waals surface area contributed by atoms with Crippen molar-refractivity contribution in [2.45, 2.75) is 20.0 Å². The zero-order valence-electron chi connectivity index (χ0n) is 15.8. The third-order valence-electron chi connectivity index (χ3n) is 4.85. The number of aromatic nitrogens is 3. The van der Waals surface area contributed by atoms with Gasteiger partial charge in [-0.3, -0.25) is 9.89 Å². The Bertz CT molecular complexity index is 907. The summed E-state index contributed by atoms with van der Waals surface area (Å²) >= 11 is 0. The summed E-state index contributed by atoms with van der Waals surface area (Å²) in [7, 11) is 1.83. The van der Waals surface area contributed by atoms with Crippen molar-refractivity contribution < 1.29 is 4.52 Å². The lowest BCUT2D eigenvalue weighted by atomic mass is 10.3. The second-order valence-electron chi connectivity index (χ2n) is 6.86. The number of nitrogens with zero attached hydrogens (tertiary/aromatic N) is 6. The van der Waals surface area contributed by atoms with Crippen LogP contribution in [0.15, 0.2) is 46.4 Å². The van der Waals surface area contributed by atoms with Gasteiger partial charge in [-0.1, -0.05) is 5.16 Å². The fraction of sp³-hybridized carbons (Fsp3) is 0.421. The molecule has 142 valence electrons. The number of rotatable bonds is 4. The second-order valence-corrected chi connectivity index (χ2v) is 6.86. The van der Waals surface area contributed by atoms with Crippen molar-refractivity contribution in [3.05, 3.63) is 53.8 Å². The average molecular weight is 367 g/mol. The molecule has 0 bridgehead atoms. The highest BCUT2D eigenvalue weighted by atomic mass is 16.5. The number of aryl methyl sites for hydroxylation is 1. The Morgan fingerprint density at radius 2 is 2.07 bits per heavy atom. The molecule has 0 unspecified atom stereocenters. The molecule has 3 aromatic heterocycles. The normalized spacial score (nSPS) is 16.2. The predicted molar refractivity (Wildman–Crippen MR) is 103 cm³/mol. The largest absolute Gasteiger partial charge is 0.364 e. The van der Waals surface area contributed by atoms with Gasteiger partial charge in [-0.05, 0) is 24.6 Å². The van der Waals surface area contributed by atoms with Crippen LogP contribution in [-0.4, -0.2) is 63.5 Å². The summed E-state index contributed by atoms with van der Waals surface area (Å²) in [5.74, 6) is 0.921. The number of guanidine groups is 1. The van der Waals surface area contributed by atoms with Gasteiger partial charge in [0.15, 0.2) is 5.96 Å². The van der Waals surface area contributed by atoms with Crippen molar-refractivity contribution in [3.63, 3.8) is 0 Å². The highest BCUT2D eigenvalue weighted by Crippen LogP contribution is 2.09. The molecule has 0 atom stereocenters. The molecule has 0 radical (unpaired) electrons. The molecular formula is C19H25N7O. The maximum absolute atomic E-state index is 4.91. The first-order valence-electron chi connectivity index (χ1n) is 9.23. The molecule has 8 nitrogen and oxygen atoms in total. The standard InChI is InChI=1S/C19H25N7O/c1-15-3-5-26-14-17(22-18(26)11-15)12-21-19(20-2)25-8-6-24(7-9-25)13-16-4-10-27-23-16/h3-5,10-11,14H,6-9,12-13H2,1-2H3,(H,20,21). The van der Waals surface area contributed by atoms with Crippen LogP contribution in [0, 0.1) is 6.92 Å². The molecule has 1 fully saturated rings. The minimum atomic E-state index is 0.659. The van der Waals surface area contributed by atoms with Gasteiger partial charge in [0.1, 0.15) is 11.9 Å². The van der Waals surface area contributed by atoms with Crippen LogP contribution in [0.4, 0.5) is 0 Å². The number of hydrogen-bond donors (Lipinski definition) is 1. The average Bonchev–Trinajstić information content (AvgIpc) is 3.32. The van der Waals surface area contributed by atoms with Gasteiger partial charge in [-0.25, -0.2) is 4.98 Å². The zero-order valence-corrected chi connectivity index (χ0v) is 15.8. The van der Waals surface area contributed by atoms with E-state index in [2.05, 4.69) is 59.9 Å². The van der Waals surface area contributed by atoms with Crippen LogP contribution in [0.25, 0.3) is 5.65 Å². The molecule has 1 aliphatic rings. The molecule has 27 heavy (non-hydrogen) atoms. The van der Waals surface area contributed by atoms with Gasteiger partial charge in [0.2, 0.25) is 0 Å². The molecule has 4 rings (SSSR count). The molecule has 0 amide bonds. The van der Waals surface area contributed by atoms with Crippen molar-refractivity contribution in [1.82, 2.24) is 29.7 Å². The molecule has 0 aliphatic carbocycles.